The fourth-order valence-corrected chi connectivity index (χ4v) is 2.36. The zero-order chi connectivity index (χ0) is 13.4. The second-order valence-electron chi connectivity index (χ2n) is 4.88. The van der Waals surface area contributed by atoms with E-state index in [9.17, 15) is 0 Å². The zero-order valence-electron chi connectivity index (χ0n) is 11.4. The van der Waals surface area contributed by atoms with E-state index >= 15 is 0 Å². The number of rotatable bonds is 2. The molecule has 0 bridgehead atoms. The third kappa shape index (κ3) is 2.14. The molecule has 1 aromatic heterocycles. The molecule has 4 nitrogen and oxygen atoms in total. The lowest BCUT2D eigenvalue weighted by Crippen LogP contribution is -2.15. The maximum Gasteiger partial charge on any atom is 0.133 e. The number of anilines is 1. The van der Waals surface area contributed by atoms with Gasteiger partial charge in [-0.3, -0.25) is 0 Å². The summed E-state index contributed by atoms with van der Waals surface area (Å²) in [6.07, 6.45) is 0. The average molecular weight is 255 g/mol. The first kappa shape index (κ1) is 12.0. The molecule has 3 rings (SSSR count). The second-order valence-corrected chi connectivity index (χ2v) is 4.88. The van der Waals surface area contributed by atoms with E-state index in [1.54, 1.807) is 0 Å². The van der Waals surface area contributed by atoms with Crippen molar-refractivity contribution in [2.75, 3.05) is 11.9 Å². The Morgan fingerprint density at radius 2 is 1.95 bits per heavy atom. The lowest BCUT2D eigenvalue weighted by molar-refractivity contribution is 0.339. The molecule has 0 unspecified atom stereocenters. The topological polar surface area (TPSA) is 47.0 Å². The lowest BCUT2D eigenvalue weighted by Gasteiger charge is -2.15. The van der Waals surface area contributed by atoms with Gasteiger partial charge in [-0.15, -0.1) is 0 Å². The molecular weight excluding hydrogens is 238 g/mol. The molecule has 0 saturated heterocycles. The van der Waals surface area contributed by atoms with Crippen LogP contribution in [0.5, 0.6) is 5.75 Å². The van der Waals surface area contributed by atoms with Gasteiger partial charge in [0.2, 0.25) is 0 Å². The summed E-state index contributed by atoms with van der Waals surface area (Å²) in [6.45, 7) is 6.60. The number of nitrogens with one attached hydrogen (secondary N) is 1. The van der Waals surface area contributed by atoms with Crippen molar-refractivity contribution in [3.63, 3.8) is 0 Å². The maximum absolute atomic E-state index is 5.68. The van der Waals surface area contributed by atoms with Crippen LogP contribution in [-0.2, 0) is 0 Å². The molecule has 1 aliphatic heterocycles. The third-order valence-corrected chi connectivity index (χ3v) is 3.51. The number of benzene rings is 1. The van der Waals surface area contributed by atoms with Crippen molar-refractivity contribution in [2.24, 2.45) is 0 Å². The van der Waals surface area contributed by atoms with E-state index in [1.807, 2.05) is 39.0 Å². The number of aromatic nitrogens is 2. The second kappa shape index (κ2) is 4.53. The Hall–Kier alpha value is -2.10. The van der Waals surface area contributed by atoms with Gasteiger partial charge in [0, 0.05) is 16.8 Å². The summed E-state index contributed by atoms with van der Waals surface area (Å²) in [7, 11) is 0. The molecule has 0 radical (unpaired) electrons. The molecule has 0 saturated carbocycles. The molecule has 19 heavy (non-hydrogen) atoms. The fraction of sp³-hybridized carbons (Fsp3) is 0.333. The summed E-state index contributed by atoms with van der Waals surface area (Å²) in [6, 6.07) is 8.27. The SMILES string of the molecule is Cc1nc(C)c(C)c(N[C@@H]2COc3ccccc32)n1. The first-order chi connectivity index (χ1) is 9.15. The molecule has 1 aromatic carbocycles. The van der Waals surface area contributed by atoms with Crippen LogP contribution in [0.25, 0.3) is 0 Å². The van der Waals surface area contributed by atoms with Crippen LogP contribution in [0.1, 0.15) is 28.7 Å². The summed E-state index contributed by atoms with van der Waals surface area (Å²) in [5, 5.41) is 3.47. The number of fused-ring (bicyclic) bond motifs is 1. The number of hydrogen-bond acceptors (Lipinski definition) is 4. The van der Waals surface area contributed by atoms with Gasteiger partial charge in [0.05, 0.1) is 6.04 Å². The molecule has 4 heteroatoms. The van der Waals surface area contributed by atoms with Gasteiger partial charge >= 0.3 is 0 Å². The van der Waals surface area contributed by atoms with E-state index in [1.165, 1.54) is 5.56 Å². The van der Waals surface area contributed by atoms with Gasteiger partial charge < -0.3 is 10.1 Å². The Bertz CT molecular complexity index is 625. The first-order valence-electron chi connectivity index (χ1n) is 6.45. The van der Waals surface area contributed by atoms with Crippen molar-refractivity contribution in [3.8, 4) is 5.75 Å². The normalized spacial score (nSPS) is 16.9. The predicted molar refractivity (Wildman–Crippen MR) is 74.5 cm³/mol. The van der Waals surface area contributed by atoms with Crippen LogP contribution in [0.4, 0.5) is 5.82 Å². The van der Waals surface area contributed by atoms with E-state index in [2.05, 4.69) is 21.4 Å². The largest absolute Gasteiger partial charge is 0.491 e. The number of para-hydroxylation sites is 1. The van der Waals surface area contributed by atoms with Crippen LogP contribution >= 0.6 is 0 Å². The minimum absolute atomic E-state index is 0.156. The van der Waals surface area contributed by atoms with Crippen molar-refractivity contribution >= 4 is 5.82 Å². The standard InChI is InChI=1S/C15H17N3O/c1-9-10(2)16-11(3)17-15(9)18-13-8-19-14-7-5-4-6-12(13)14/h4-7,13H,8H2,1-3H3,(H,16,17,18)/t13-/m1/s1. The van der Waals surface area contributed by atoms with Gasteiger partial charge in [0.1, 0.15) is 24.0 Å². The van der Waals surface area contributed by atoms with Crippen molar-refractivity contribution in [3.05, 3.63) is 46.9 Å². The van der Waals surface area contributed by atoms with E-state index in [0.29, 0.717) is 6.61 Å². The molecule has 2 heterocycles. The Morgan fingerprint density at radius 3 is 2.79 bits per heavy atom. The molecule has 98 valence electrons. The Labute approximate surface area is 112 Å². The highest BCUT2D eigenvalue weighted by Crippen LogP contribution is 2.34. The molecule has 2 aromatic rings. The van der Waals surface area contributed by atoms with Crippen LogP contribution in [0.3, 0.4) is 0 Å². The summed E-state index contributed by atoms with van der Waals surface area (Å²) in [5.74, 6) is 2.65. The molecule has 0 amide bonds. The van der Waals surface area contributed by atoms with Crippen molar-refractivity contribution < 1.29 is 4.74 Å². The van der Waals surface area contributed by atoms with Gasteiger partial charge in [-0.25, -0.2) is 9.97 Å². The van der Waals surface area contributed by atoms with Crippen molar-refractivity contribution in [1.29, 1.82) is 0 Å². The molecular formula is C15H17N3O. The monoisotopic (exact) mass is 255 g/mol. The lowest BCUT2D eigenvalue weighted by atomic mass is 10.1. The quantitative estimate of drug-likeness (QED) is 0.896. The maximum atomic E-state index is 5.68. The highest BCUT2D eigenvalue weighted by atomic mass is 16.5. The summed E-state index contributed by atoms with van der Waals surface area (Å²) < 4.78 is 5.68. The minimum atomic E-state index is 0.156. The molecule has 0 fully saturated rings. The van der Waals surface area contributed by atoms with Gasteiger partial charge in [-0.2, -0.15) is 0 Å². The molecule has 1 N–H and O–H groups in total. The molecule has 1 aliphatic rings. The Morgan fingerprint density at radius 1 is 1.16 bits per heavy atom. The Kier molecular flexibility index (Phi) is 2.85. The number of ether oxygens (including phenoxy) is 1. The molecule has 0 spiro atoms. The highest BCUT2D eigenvalue weighted by molar-refractivity contribution is 5.50. The number of nitrogens with zero attached hydrogens (tertiary/aromatic N) is 2. The van der Waals surface area contributed by atoms with E-state index in [0.717, 1.165) is 28.6 Å². The number of hydrogen-bond donors (Lipinski definition) is 1. The zero-order valence-corrected chi connectivity index (χ0v) is 11.4. The summed E-state index contributed by atoms with van der Waals surface area (Å²) >= 11 is 0. The van der Waals surface area contributed by atoms with Crippen LogP contribution in [0.15, 0.2) is 24.3 Å². The average Bonchev–Trinajstić information content (AvgIpc) is 2.79. The fourth-order valence-electron chi connectivity index (χ4n) is 2.36. The van der Waals surface area contributed by atoms with Gasteiger partial charge in [-0.1, -0.05) is 18.2 Å². The van der Waals surface area contributed by atoms with Crippen molar-refractivity contribution in [2.45, 2.75) is 26.8 Å². The van der Waals surface area contributed by atoms with Crippen LogP contribution in [0.2, 0.25) is 0 Å². The number of aryl methyl sites for hydroxylation is 2. The van der Waals surface area contributed by atoms with Gasteiger partial charge in [-0.05, 0) is 26.8 Å². The predicted octanol–water partition coefficient (Wildman–Crippen LogP) is 2.95. The van der Waals surface area contributed by atoms with Crippen molar-refractivity contribution in [1.82, 2.24) is 9.97 Å². The summed E-state index contributed by atoms with van der Waals surface area (Å²) in [5.41, 5.74) is 3.30. The third-order valence-electron chi connectivity index (χ3n) is 3.51. The Balaban J connectivity index is 1.92. The van der Waals surface area contributed by atoms with Crippen LogP contribution in [0, 0.1) is 20.8 Å². The van der Waals surface area contributed by atoms with Gasteiger partial charge in [0.15, 0.2) is 0 Å². The highest BCUT2D eigenvalue weighted by Gasteiger charge is 2.24. The summed E-state index contributed by atoms with van der Waals surface area (Å²) in [4.78, 5) is 8.86. The smallest absolute Gasteiger partial charge is 0.133 e. The van der Waals surface area contributed by atoms with E-state index < -0.39 is 0 Å². The molecule has 0 aliphatic carbocycles. The van der Waals surface area contributed by atoms with E-state index in [4.69, 9.17) is 4.74 Å². The van der Waals surface area contributed by atoms with Gasteiger partial charge in [0.25, 0.3) is 0 Å². The van der Waals surface area contributed by atoms with E-state index in [-0.39, 0.29) is 6.04 Å². The van der Waals surface area contributed by atoms with Crippen LogP contribution < -0.4 is 10.1 Å². The minimum Gasteiger partial charge on any atom is -0.491 e. The first-order valence-corrected chi connectivity index (χ1v) is 6.45. The molecule has 1 atom stereocenters. The van der Waals surface area contributed by atoms with Crippen LogP contribution in [-0.4, -0.2) is 16.6 Å².